The minimum absolute atomic E-state index is 0.619. The number of hydrogen-bond acceptors (Lipinski definition) is 3. The van der Waals surface area contributed by atoms with Crippen LogP contribution in [0.15, 0.2) is 29.5 Å². The van der Waals surface area contributed by atoms with Crippen LogP contribution in [0, 0.1) is 0 Å². The van der Waals surface area contributed by atoms with Crippen molar-refractivity contribution in [2.75, 3.05) is 0 Å². The van der Waals surface area contributed by atoms with E-state index in [0.717, 1.165) is 0 Å². The fourth-order valence-electron chi connectivity index (χ4n) is 0.966. The molecule has 1 heterocycles. The molecule has 2 N–H and O–H groups in total. The average molecular weight is 193 g/mol. The second kappa shape index (κ2) is 4.96. The van der Waals surface area contributed by atoms with Crippen LogP contribution in [-0.2, 0) is 0 Å². The Morgan fingerprint density at radius 3 is 2.93 bits per heavy atom. The number of nitrogens with one attached hydrogen (secondary N) is 1. The number of carbonyl (C=O) groups is 1. The second-order valence-electron chi connectivity index (χ2n) is 2.54. The number of aromatic nitrogens is 1. The molecule has 0 aliphatic heterocycles. The van der Waals surface area contributed by atoms with Gasteiger partial charge in [0.15, 0.2) is 0 Å². The van der Waals surface area contributed by atoms with E-state index in [0.29, 0.717) is 17.8 Å². The zero-order chi connectivity index (χ0) is 10.4. The van der Waals surface area contributed by atoms with Crippen molar-refractivity contribution in [3.8, 4) is 0 Å². The topological polar surface area (TPSA) is 74.6 Å². The van der Waals surface area contributed by atoms with Gasteiger partial charge in [-0.05, 0) is 18.6 Å². The van der Waals surface area contributed by atoms with Crippen molar-refractivity contribution < 1.29 is 9.90 Å². The quantitative estimate of drug-likeness (QED) is 0.563. The maximum atomic E-state index is 10.2. The van der Waals surface area contributed by atoms with Gasteiger partial charge in [0.2, 0.25) is 0 Å². The van der Waals surface area contributed by atoms with Crippen molar-refractivity contribution in [2.45, 2.75) is 13.3 Å². The monoisotopic (exact) mass is 193 g/mol. The molecule has 0 unspecified atom stereocenters. The molecule has 5 heteroatoms. The number of rotatable bonds is 3. The van der Waals surface area contributed by atoms with Gasteiger partial charge in [0.05, 0.1) is 11.4 Å². The van der Waals surface area contributed by atoms with Crippen LogP contribution < -0.4 is 5.43 Å². The lowest BCUT2D eigenvalue weighted by molar-refractivity contribution is 0.195. The molecule has 0 saturated carbocycles. The summed E-state index contributed by atoms with van der Waals surface area (Å²) in [5.74, 6) is 0. The fraction of sp³-hybridized carbons (Fsp3) is 0.222. The highest BCUT2D eigenvalue weighted by molar-refractivity contribution is 5.98. The lowest BCUT2D eigenvalue weighted by Crippen LogP contribution is -2.17. The maximum Gasteiger partial charge on any atom is 0.425 e. The Kier molecular flexibility index (Phi) is 3.60. The Morgan fingerprint density at radius 2 is 2.43 bits per heavy atom. The molecular formula is C9H11N3O2. The minimum atomic E-state index is -1.17. The van der Waals surface area contributed by atoms with Crippen LogP contribution in [0.1, 0.15) is 19.0 Å². The standard InChI is InChI=1S/C9H11N3O2/c1-2-7(11-12-9(13)14)8-5-3-4-6-10-8/h3-6,12H,2H2,1H3,(H,13,14). The molecule has 1 aromatic heterocycles. The van der Waals surface area contributed by atoms with E-state index in [9.17, 15) is 4.79 Å². The van der Waals surface area contributed by atoms with Gasteiger partial charge in [0.1, 0.15) is 0 Å². The van der Waals surface area contributed by atoms with E-state index in [1.54, 1.807) is 18.3 Å². The van der Waals surface area contributed by atoms with Crippen LogP contribution in [0.5, 0.6) is 0 Å². The van der Waals surface area contributed by atoms with E-state index < -0.39 is 6.09 Å². The molecule has 14 heavy (non-hydrogen) atoms. The molecule has 0 aliphatic rings. The number of nitrogens with zero attached hydrogens (tertiary/aromatic N) is 2. The highest BCUT2D eigenvalue weighted by Gasteiger charge is 2.02. The Morgan fingerprint density at radius 1 is 1.64 bits per heavy atom. The number of carboxylic acid groups (broad SMARTS) is 1. The van der Waals surface area contributed by atoms with Crippen LogP contribution in [0.2, 0.25) is 0 Å². The number of hydrogen-bond donors (Lipinski definition) is 2. The summed E-state index contributed by atoms with van der Waals surface area (Å²) in [4.78, 5) is 14.3. The van der Waals surface area contributed by atoms with Crippen molar-refractivity contribution in [1.29, 1.82) is 0 Å². The molecule has 5 nitrogen and oxygen atoms in total. The van der Waals surface area contributed by atoms with Crippen LogP contribution in [0.25, 0.3) is 0 Å². The van der Waals surface area contributed by atoms with Gasteiger partial charge in [-0.1, -0.05) is 13.0 Å². The summed E-state index contributed by atoms with van der Waals surface area (Å²) in [6.45, 7) is 1.89. The van der Waals surface area contributed by atoms with E-state index in [1.807, 2.05) is 18.4 Å². The summed E-state index contributed by atoms with van der Waals surface area (Å²) in [6.07, 6.45) is 1.09. The van der Waals surface area contributed by atoms with Gasteiger partial charge in [-0.25, -0.2) is 10.2 Å². The molecule has 0 aromatic carbocycles. The first kappa shape index (κ1) is 10.2. The number of amides is 1. The number of hydrazone groups is 1. The molecule has 0 atom stereocenters. The summed E-state index contributed by atoms with van der Waals surface area (Å²) < 4.78 is 0. The summed E-state index contributed by atoms with van der Waals surface area (Å²) in [5, 5.41) is 12.1. The predicted octanol–water partition coefficient (Wildman–Crippen LogP) is 1.46. The van der Waals surface area contributed by atoms with E-state index in [2.05, 4.69) is 10.1 Å². The molecule has 1 rings (SSSR count). The van der Waals surface area contributed by atoms with Crippen molar-refractivity contribution in [3.63, 3.8) is 0 Å². The van der Waals surface area contributed by atoms with Gasteiger partial charge in [0, 0.05) is 6.20 Å². The molecule has 74 valence electrons. The van der Waals surface area contributed by atoms with Gasteiger partial charge < -0.3 is 5.11 Å². The van der Waals surface area contributed by atoms with E-state index in [4.69, 9.17) is 5.11 Å². The molecule has 0 spiro atoms. The Balaban J connectivity index is 2.82. The smallest absolute Gasteiger partial charge is 0.425 e. The molecular weight excluding hydrogens is 182 g/mol. The highest BCUT2D eigenvalue weighted by atomic mass is 16.4. The largest absolute Gasteiger partial charge is 0.464 e. The zero-order valence-corrected chi connectivity index (χ0v) is 7.77. The van der Waals surface area contributed by atoms with Crippen LogP contribution in [0.4, 0.5) is 4.79 Å². The first-order valence-corrected chi connectivity index (χ1v) is 4.21. The SMILES string of the molecule is CCC(=NNC(=O)O)c1ccccn1. The summed E-state index contributed by atoms with van der Waals surface area (Å²) >= 11 is 0. The molecule has 0 bridgehead atoms. The third-order valence-electron chi connectivity index (χ3n) is 1.58. The van der Waals surface area contributed by atoms with Gasteiger partial charge in [-0.2, -0.15) is 5.10 Å². The molecule has 1 aromatic rings. The third kappa shape index (κ3) is 2.85. The molecule has 0 radical (unpaired) electrons. The van der Waals surface area contributed by atoms with Gasteiger partial charge in [-0.3, -0.25) is 4.98 Å². The molecule has 0 fully saturated rings. The van der Waals surface area contributed by atoms with Crippen LogP contribution >= 0.6 is 0 Å². The Bertz CT molecular complexity index is 335. The summed E-state index contributed by atoms with van der Waals surface area (Å²) in [7, 11) is 0. The van der Waals surface area contributed by atoms with Crippen molar-refractivity contribution in [2.24, 2.45) is 5.10 Å². The van der Waals surface area contributed by atoms with Crippen molar-refractivity contribution in [3.05, 3.63) is 30.1 Å². The molecule has 1 amide bonds. The zero-order valence-electron chi connectivity index (χ0n) is 7.77. The lowest BCUT2D eigenvalue weighted by Gasteiger charge is -2.01. The van der Waals surface area contributed by atoms with Gasteiger partial charge >= 0.3 is 6.09 Å². The van der Waals surface area contributed by atoms with E-state index >= 15 is 0 Å². The van der Waals surface area contributed by atoms with Crippen molar-refractivity contribution in [1.82, 2.24) is 10.4 Å². The van der Waals surface area contributed by atoms with Gasteiger partial charge in [-0.15, -0.1) is 0 Å². The first-order chi connectivity index (χ1) is 6.74. The maximum absolute atomic E-state index is 10.2. The van der Waals surface area contributed by atoms with Gasteiger partial charge in [0.25, 0.3) is 0 Å². The van der Waals surface area contributed by atoms with Crippen LogP contribution in [0.3, 0.4) is 0 Å². The first-order valence-electron chi connectivity index (χ1n) is 4.21. The summed E-state index contributed by atoms with van der Waals surface area (Å²) in [6, 6.07) is 5.40. The Labute approximate surface area is 81.5 Å². The number of pyridine rings is 1. The lowest BCUT2D eigenvalue weighted by atomic mass is 10.2. The highest BCUT2D eigenvalue weighted by Crippen LogP contribution is 1.99. The van der Waals surface area contributed by atoms with E-state index in [-0.39, 0.29) is 0 Å². The second-order valence-corrected chi connectivity index (χ2v) is 2.54. The Hall–Kier alpha value is -1.91. The minimum Gasteiger partial charge on any atom is -0.464 e. The third-order valence-corrected chi connectivity index (χ3v) is 1.58. The average Bonchev–Trinajstić information content (AvgIpc) is 2.20. The summed E-state index contributed by atoms with van der Waals surface area (Å²) in [5.41, 5.74) is 3.26. The normalized spacial score (nSPS) is 11.1. The molecule has 0 aliphatic carbocycles. The molecule has 0 saturated heterocycles. The fourth-order valence-corrected chi connectivity index (χ4v) is 0.966. The van der Waals surface area contributed by atoms with E-state index in [1.165, 1.54) is 0 Å². The van der Waals surface area contributed by atoms with Crippen molar-refractivity contribution >= 4 is 11.8 Å². The predicted molar refractivity (Wildman–Crippen MR) is 52.2 cm³/mol. The van der Waals surface area contributed by atoms with Crippen LogP contribution in [-0.4, -0.2) is 21.9 Å².